The van der Waals surface area contributed by atoms with Crippen molar-refractivity contribution in [2.45, 2.75) is 0 Å². The Hall–Kier alpha value is -2.13. The first-order chi connectivity index (χ1) is 7.79. The molecule has 0 bridgehead atoms. The molecule has 3 nitrogen and oxygen atoms in total. The van der Waals surface area contributed by atoms with Crippen LogP contribution >= 0.6 is 0 Å². The molecule has 0 atom stereocenters. The Balaban J connectivity index is 2.24. The molecule has 1 N–H and O–H groups in total. The Bertz CT molecular complexity index is 468. The zero-order chi connectivity index (χ0) is 11.4. The molecule has 0 heterocycles. The van der Waals surface area contributed by atoms with Crippen molar-refractivity contribution in [3.05, 3.63) is 66.2 Å². The highest BCUT2D eigenvalue weighted by Gasteiger charge is 2.14. The number of rotatable bonds is 2. The molecular weight excluding hydrogens is 202 g/mol. The molecule has 0 aliphatic heterocycles. The smallest absolute Gasteiger partial charge is 0.281 e. The fourth-order valence-electron chi connectivity index (χ4n) is 1.34. The summed E-state index contributed by atoms with van der Waals surface area (Å²) in [5.41, 5.74) is 0.866. The summed E-state index contributed by atoms with van der Waals surface area (Å²) in [6, 6.07) is 17.9. The van der Waals surface area contributed by atoms with Gasteiger partial charge in [-0.15, -0.1) is 0 Å². The molecule has 3 heteroatoms. The molecule has 16 heavy (non-hydrogen) atoms. The van der Waals surface area contributed by atoms with E-state index < -0.39 is 5.91 Å². The number of carbonyl (C=O) groups is 1. The first kappa shape index (κ1) is 10.4. The van der Waals surface area contributed by atoms with Gasteiger partial charge in [-0.2, -0.15) is 5.06 Å². The third-order valence-electron chi connectivity index (χ3n) is 2.16. The lowest BCUT2D eigenvalue weighted by molar-refractivity contribution is 0.0855. The average molecular weight is 212 g/mol. The minimum atomic E-state index is -0.452. The van der Waals surface area contributed by atoms with Crippen molar-refractivity contribution in [2.75, 3.05) is 5.06 Å². The van der Waals surface area contributed by atoms with Crippen LogP contribution in [-0.4, -0.2) is 11.1 Å². The van der Waals surface area contributed by atoms with Crippen molar-refractivity contribution in [1.82, 2.24) is 0 Å². The largest absolute Gasteiger partial charge is 0.281 e. The number of carbonyl (C=O) groups excluding carboxylic acids is 1. The minimum Gasteiger partial charge on any atom is -0.281 e. The molecule has 0 spiro atoms. The van der Waals surface area contributed by atoms with E-state index in [9.17, 15) is 10.0 Å². The monoisotopic (exact) mass is 212 g/mol. The van der Waals surface area contributed by atoms with Crippen LogP contribution in [0.5, 0.6) is 0 Å². The number of benzene rings is 2. The number of amides is 1. The van der Waals surface area contributed by atoms with Crippen LogP contribution in [0.1, 0.15) is 10.4 Å². The Morgan fingerprint density at radius 1 is 1.06 bits per heavy atom. The molecule has 0 saturated heterocycles. The van der Waals surface area contributed by atoms with Crippen LogP contribution in [0.2, 0.25) is 0 Å². The van der Waals surface area contributed by atoms with Crippen molar-refractivity contribution in [3.63, 3.8) is 0 Å². The van der Waals surface area contributed by atoms with Gasteiger partial charge in [0.2, 0.25) is 0 Å². The third-order valence-corrected chi connectivity index (χ3v) is 2.16. The highest BCUT2D eigenvalue weighted by molar-refractivity contribution is 6.04. The number of nitrogens with zero attached hydrogens (tertiary/aromatic N) is 1. The summed E-state index contributed by atoms with van der Waals surface area (Å²) in [4.78, 5) is 11.8. The Morgan fingerprint density at radius 2 is 1.69 bits per heavy atom. The quantitative estimate of drug-likeness (QED) is 0.613. The SMILES string of the molecule is O=C(c1ccccc1)N(O)c1cc[c]cc1. The van der Waals surface area contributed by atoms with E-state index in [2.05, 4.69) is 6.07 Å². The molecule has 0 aliphatic rings. The normalized spacial score (nSPS) is 9.81. The molecule has 1 radical (unpaired) electrons. The Labute approximate surface area is 93.5 Å². The maximum Gasteiger partial charge on any atom is 0.281 e. The van der Waals surface area contributed by atoms with Gasteiger partial charge in [-0.3, -0.25) is 10.0 Å². The summed E-state index contributed by atoms with van der Waals surface area (Å²) >= 11 is 0. The number of anilines is 1. The number of hydroxylamine groups is 1. The van der Waals surface area contributed by atoms with Gasteiger partial charge >= 0.3 is 0 Å². The first-order valence-electron chi connectivity index (χ1n) is 4.83. The van der Waals surface area contributed by atoms with Crippen LogP contribution in [0, 0.1) is 6.07 Å². The highest BCUT2D eigenvalue weighted by Crippen LogP contribution is 2.13. The fraction of sp³-hybridized carbons (Fsp3) is 0. The fourth-order valence-corrected chi connectivity index (χ4v) is 1.34. The predicted octanol–water partition coefficient (Wildman–Crippen LogP) is 2.52. The maximum atomic E-state index is 11.8. The molecular formula is C13H10NO2. The van der Waals surface area contributed by atoms with Crippen LogP contribution in [-0.2, 0) is 0 Å². The highest BCUT2D eigenvalue weighted by atomic mass is 16.5. The second-order valence-electron chi connectivity index (χ2n) is 3.24. The maximum absolute atomic E-state index is 11.8. The zero-order valence-corrected chi connectivity index (χ0v) is 8.50. The molecule has 0 aromatic heterocycles. The molecule has 0 saturated carbocycles. The summed E-state index contributed by atoms with van der Waals surface area (Å²) in [7, 11) is 0. The van der Waals surface area contributed by atoms with E-state index in [4.69, 9.17) is 0 Å². The average Bonchev–Trinajstić information content (AvgIpc) is 2.39. The molecule has 1 amide bonds. The van der Waals surface area contributed by atoms with Crippen molar-refractivity contribution < 1.29 is 10.0 Å². The second kappa shape index (κ2) is 4.59. The summed E-state index contributed by atoms with van der Waals surface area (Å²) in [5, 5.41) is 10.3. The second-order valence-corrected chi connectivity index (χ2v) is 3.24. The van der Waals surface area contributed by atoms with E-state index in [0.29, 0.717) is 16.3 Å². The minimum absolute atomic E-state index is 0.424. The van der Waals surface area contributed by atoms with Crippen molar-refractivity contribution in [3.8, 4) is 0 Å². The van der Waals surface area contributed by atoms with Gasteiger partial charge in [0.15, 0.2) is 0 Å². The third kappa shape index (κ3) is 2.10. The Kier molecular flexibility index (Phi) is 2.98. The summed E-state index contributed by atoms with van der Waals surface area (Å²) < 4.78 is 0. The molecule has 2 aromatic rings. The number of hydrogen-bond acceptors (Lipinski definition) is 2. The van der Waals surface area contributed by atoms with Crippen LogP contribution in [0.25, 0.3) is 0 Å². The van der Waals surface area contributed by atoms with Crippen molar-refractivity contribution >= 4 is 11.6 Å². The standard InChI is InChI=1S/C13H10NO2/c15-13(11-7-3-1-4-8-11)14(16)12-9-5-2-6-10-12/h1,3-10,16H. The molecule has 0 fully saturated rings. The van der Waals surface area contributed by atoms with E-state index in [1.807, 2.05) is 6.07 Å². The zero-order valence-electron chi connectivity index (χ0n) is 8.50. The molecule has 79 valence electrons. The van der Waals surface area contributed by atoms with Gasteiger partial charge in [0.1, 0.15) is 0 Å². The van der Waals surface area contributed by atoms with Gasteiger partial charge in [-0.05, 0) is 30.3 Å². The predicted molar refractivity (Wildman–Crippen MR) is 60.3 cm³/mol. The summed E-state index contributed by atoms with van der Waals surface area (Å²) in [6.45, 7) is 0. The van der Waals surface area contributed by atoms with E-state index in [1.54, 1.807) is 48.5 Å². The van der Waals surface area contributed by atoms with Gasteiger partial charge in [0.25, 0.3) is 5.91 Å². The van der Waals surface area contributed by atoms with Crippen LogP contribution in [0.3, 0.4) is 0 Å². The van der Waals surface area contributed by atoms with Gasteiger partial charge in [0, 0.05) is 5.56 Å². The lowest BCUT2D eigenvalue weighted by Gasteiger charge is -2.14. The molecule has 2 aromatic carbocycles. The topological polar surface area (TPSA) is 40.5 Å². The van der Waals surface area contributed by atoms with Crippen molar-refractivity contribution in [1.29, 1.82) is 0 Å². The first-order valence-corrected chi connectivity index (χ1v) is 4.83. The van der Waals surface area contributed by atoms with Crippen LogP contribution in [0.4, 0.5) is 5.69 Å². The molecule has 0 aliphatic carbocycles. The lowest BCUT2D eigenvalue weighted by Crippen LogP contribution is -2.26. The number of hydrogen-bond donors (Lipinski definition) is 1. The van der Waals surface area contributed by atoms with Gasteiger partial charge in [-0.1, -0.05) is 30.3 Å². The van der Waals surface area contributed by atoms with E-state index in [-0.39, 0.29) is 0 Å². The molecule has 2 rings (SSSR count). The Morgan fingerprint density at radius 3 is 2.31 bits per heavy atom. The van der Waals surface area contributed by atoms with Gasteiger partial charge in [0.05, 0.1) is 5.69 Å². The van der Waals surface area contributed by atoms with Gasteiger partial charge in [-0.25, -0.2) is 0 Å². The van der Waals surface area contributed by atoms with Crippen LogP contribution in [0.15, 0.2) is 54.6 Å². The molecule has 0 unspecified atom stereocenters. The summed E-state index contributed by atoms with van der Waals surface area (Å²) in [6.07, 6.45) is 0. The lowest BCUT2D eigenvalue weighted by atomic mass is 10.2. The van der Waals surface area contributed by atoms with Crippen LogP contribution < -0.4 is 5.06 Å². The van der Waals surface area contributed by atoms with E-state index in [1.165, 1.54) is 0 Å². The van der Waals surface area contributed by atoms with Gasteiger partial charge < -0.3 is 0 Å². The van der Waals surface area contributed by atoms with E-state index in [0.717, 1.165) is 0 Å². The van der Waals surface area contributed by atoms with E-state index >= 15 is 0 Å². The van der Waals surface area contributed by atoms with Crippen molar-refractivity contribution in [2.24, 2.45) is 0 Å². The summed E-state index contributed by atoms with van der Waals surface area (Å²) in [5.74, 6) is -0.452.